The van der Waals surface area contributed by atoms with Gasteiger partial charge < -0.3 is 14.8 Å². The zero-order valence-corrected chi connectivity index (χ0v) is 13.1. The zero-order valence-electron chi connectivity index (χ0n) is 13.1. The molecule has 3 rings (SSSR count). The minimum absolute atomic E-state index is 0.606. The molecular formula is C17H24N4. The van der Waals surface area contributed by atoms with Gasteiger partial charge in [0.2, 0.25) is 5.95 Å². The molecule has 1 N–H and O–H groups in total. The normalized spacial score (nSPS) is 15.4. The van der Waals surface area contributed by atoms with Gasteiger partial charge in [0.05, 0.1) is 5.69 Å². The molecular weight excluding hydrogens is 260 g/mol. The Bertz CT molecular complexity index is 592. The first-order valence-corrected chi connectivity index (χ1v) is 7.73. The van der Waals surface area contributed by atoms with Crippen LogP contribution in [0.1, 0.15) is 37.4 Å². The van der Waals surface area contributed by atoms with Crippen LogP contribution in [0.25, 0.3) is 0 Å². The maximum Gasteiger partial charge on any atom is 0.207 e. The minimum Gasteiger partial charge on any atom is -0.378 e. The van der Waals surface area contributed by atoms with Gasteiger partial charge >= 0.3 is 0 Å². The van der Waals surface area contributed by atoms with Gasteiger partial charge in [-0.05, 0) is 44.0 Å². The highest BCUT2D eigenvalue weighted by Crippen LogP contribution is 2.33. The second-order valence-electron chi connectivity index (χ2n) is 6.12. The summed E-state index contributed by atoms with van der Waals surface area (Å²) in [5.74, 6) is 0.969. The van der Waals surface area contributed by atoms with E-state index in [4.69, 9.17) is 0 Å². The number of rotatable bonds is 4. The topological polar surface area (TPSA) is 33.1 Å². The fourth-order valence-electron chi connectivity index (χ4n) is 3.04. The van der Waals surface area contributed by atoms with E-state index in [1.54, 1.807) is 0 Å². The summed E-state index contributed by atoms with van der Waals surface area (Å²) in [7, 11) is 4.11. The van der Waals surface area contributed by atoms with E-state index < -0.39 is 0 Å². The van der Waals surface area contributed by atoms with E-state index in [1.165, 1.54) is 31.4 Å². The average Bonchev–Trinajstić information content (AvgIpc) is 3.09. The van der Waals surface area contributed by atoms with Crippen molar-refractivity contribution in [3.63, 3.8) is 0 Å². The molecule has 0 bridgehead atoms. The van der Waals surface area contributed by atoms with Crippen LogP contribution in [0.15, 0.2) is 30.5 Å². The number of nitrogens with zero attached hydrogens (tertiary/aromatic N) is 3. The number of aromatic nitrogens is 2. The quantitative estimate of drug-likeness (QED) is 0.917. The van der Waals surface area contributed by atoms with Gasteiger partial charge in [-0.2, -0.15) is 0 Å². The van der Waals surface area contributed by atoms with E-state index in [-0.39, 0.29) is 0 Å². The van der Waals surface area contributed by atoms with Gasteiger partial charge in [0.25, 0.3) is 0 Å². The Hall–Kier alpha value is -1.97. The van der Waals surface area contributed by atoms with Crippen LogP contribution in [0.5, 0.6) is 0 Å². The molecule has 1 heterocycles. The van der Waals surface area contributed by atoms with E-state index >= 15 is 0 Å². The molecule has 0 atom stereocenters. The standard InChI is InChI=1S/C17H24N4/c1-13-12-21(16-6-4-5-7-16)17(18-13)19-14-8-10-15(11-9-14)20(2)3/h8-12,16H,4-7H2,1-3H3,(H,18,19). The fraction of sp³-hybridized carbons (Fsp3) is 0.471. The fourth-order valence-corrected chi connectivity index (χ4v) is 3.04. The SMILES string of the molecule is Cc1cn(C2CCCC2)c(Nc2ccc(N(C)C)cc2)n1. The first-order valence-electron chi connectivity index (χ1n) is 7.73. The molecule has 112 valence electrons. The van der Waals surface area contributed by atoms with Crippen LogP contribution >= 0.6 is 0 Å². The van der Waals surface area contributed by atoms with E-state index in [1.807, 2.05) is 0 Å². The predicted molar refractivity (Wildman–Crippen MR) is 88.5 cm³/mol. The van der Waals surface area contributed by atoms with Crippen molar-refractivity contribution in [1.29, 1.82) is 0 Å². The molecule has 0 saturated heterocycles. The molecule has 1 aromatic heterocycles. The smallest absolute Gasteiger partial charge is 0.207 e. The average molecular weight is 284 g/mol. The maximum atomic E-state index is 4.65. The van der Waals surface area contributed by atoms with E-state index in [9.17, 15) is 0 Å². The number of benzene rings is 1. The molecule has 1 aromatic carbocycles. The Balaban J connectivity index is 1.80. The Morgan fingerprint density at radius 1 is 1.14 bits per heavy atom. The van der Waals surface area contributed by atoms with E-state index in [0.29, 0.717) is 6.04 Å². The number of hydrogen-bond acceptors (Lipinski definition) is 3. The van der Waals surface area contributed by atoms with Gasteiger partial charge in [-0.15, -0.1) is 0 Å². The Morgan fingerprint density at radius 2 is 1.81 bits per heavy atom. The van der Waals surface area contributed by atoms with Crippen LogP contribution in [-0.2, 0) is 0 Å². The lowest BCUT2D eigenvalue weighted by Crippen LogP contribution is -2.09. The van der Waals surface area contributed by atoms with Crippen molar-refractivity contribution in [2.45, 2.75) is 38.6 Å². The number of nitrogens with one attached hydrogen (secondary N) is 1. The summed E-state index contributed by atoms with van der Waals surface area (Å²) in [5, 5.41) is 3.47. The summed E-state index contributed by atoms with van der Waals surface area (Å²) in [6.45, 7) is 2.06. The molecule has 1 fully saturated rings. The van der Waals surface area contributed by atoms with Crippen molar-refractivity contribution >= 4 is 17.3 Å². The molecule has 0 spiro atoms. The summed E-state index contributed by atoms with van der Waals surface area (Å²) < 4.78 is 2.32. The van der Waals surface area contributed by atoms with Crippen molar-refractivity contribution in [2.24, 2.45) is 0 Å². The lowest BCUT2D eigenvalue weighted by molar-refractivity contribution is 0.524. The predicted octanol–water partition coefficient (Wildman–Crippen LogP) is 4.12. The summed E-state index contributed by atoms with van der Waals surface area (Å²) in [6.07, 6.45) is 7.37. The summed E-state index contributed by atoms with van der Waals surface area (Å²) in [6, 6.07) is 9.07. The van der Waals surface area contributed by atoms with Crippen LogP contribution in [0.2, 0.25) is 0 Å². The molecule has 1 aliphatic rings. The summed E-state index contributed by atoms with van der Waals surface area (Å²) in [4.78, 5) is 6.75. The molecule has 0 aliphatic heterocycles. The molecule has 0 amide bonds. The molecule has 4 nitrogen and oxygen atoms in total. The second kappa shape index (κ2) is 5.80. The third-order valence-corrected chi connectivity index (χ3v) is 4.21. The highest BCUT2D eigenvalue weighted by atomic mass is 15.2. The van der Waals surface area contributed by atoms with Gasteiger partial charge in [-0.25, -0.2) is 4.98 Å². The van der Waals surface area contributed by atoms with E-state index in [0.717, 1.165) is 17.3 Å². The lowest BCUT2D eigenvalue weighted by Gasteiger charge is -2.16. The maximum absolute atomic E-state index is 4.65. The van der Waals surface area contributed by atoms with Gasteiger partial charge in [0.1, 0.15) is 0 Å². The third kappa shape index (κ3) is 3.04. The van der Waals surface area contributed by atoms with Crippen LogP contribution in [0.3, 0.4) is 0 Å². The third-order valence-electron chi connectivity index (χ3n) is 4.21. The van der Waals surface area contributed by atoms with Gasteiger partial charge in [-0.1, -0.05) is 12.8 Å². The number of hydrogen-bond donors (Lipinski definition) is 1. The van der Waals surface area contributed by atoms with Crippen LogP contribution < -0.4 is 10.2 Å². The molecule has 4 heteroatoms. The lowest BCUT2D eigenvalue weighted by atomic mass is 10.2. The molecule has 0 unspecified atom stereocenters. The summed E-state index contributed by atoms with van der Waals surface area (Å²) in [5.41, 5.74) is 3.37. The van der Waals surface area contributed by atoms with Crippen LogP contribution in [0, 0.1) is 6.92 Å². The van der Waals surface area contributed by atoms with Crippen molar-refractivity contribution in [1.82, 2.24) is 9.55 Å². The monoisotopic (exact) mass is 284 g/mol. The van der Waals surface area contributed by atoms with Gasteiger partial charge in [-0.3, -0.25) is 0 Å². The van der Waals surface area contributed by atoms with Crippen LogP contribution in [0.4, 0.5) is 17.3 Å². The molecule has 2 aromatic rings. The van der Waals surface area contributed by atoms with Crippen molar-refractivity contribution in [2.75, 3.05) is 24.3 Å². The first kappa shape index (κ1) is 14.0. The molecule has 0 radical (unpaired) electrons. The van der Waals surface area contributed by atoms with Crippen LogP contribution in [-0.4, -0.2) is 23.6 Å². The Kier molecular flexibility index (Phi) is 3.86. The molecule has 21 heavy (non-hydrogen) atoms. The number of imidazole rings is 1. The van der Waals surface area contributed by atoms with Crippen molar-refractivity contribution < 1.29 is 0 Å². The summed E-state index contributed by atoms with van der Waals surface area (Å²) >= 11 is 0. The Morgan fingerprint density at radius 3 is 2.43 bits per heavy atom. The molecule has 1 aliphatic carbocycles. The highest BCUT2D eigenvalue weighted by molar-refractivity contribution is 5.59. The van der Waals surface area contributed by atoms with Gasteiger partial charge in [0, 0.05) is 37.7 Å². The zero-order chi connectivity index (χ0) is 14.8. The number of anilines is 3. The highest BCUT2D eigenvalue weighted by Gasteiger charge is 2.20. The van der Waals surface area contributed by atoms with Crippen molar-refractivity contribution in [3.8, 4) is 0 Å². The Labute approximate surface area is 126 Å². The van der Waals surface area contributed by atoms with Gasteiger partial charge in [0.15, 0.2) is 0 Å². The molecule has 1 saturated carbocycles. The number of aryl methyl sites for hydroxylation is 1. The van der Waals surface area contributed by atoms with E-state index in [2.05, 4.69) is 71.2 Å². The first-order chi connectivity index (χ1) is 10.1. The largest absolute Gasteiger partial charge is 0.378 e. The minimum atomic E-state index is 0.606. The second-order valence-corrected chi connectivity index (χ2v) is 6.12. The van der Waals surface area contributed by atoms with Crippen molar-refractivity contribution in [3.05, 3.63) is 36.2 Å².